The molecule has 0 aromatic heterocycles. The summed E-state index contributed by atoms with van der Waals surface area (Å²) in [6.45, 7) is 3.75. The molecule has 0 spiro atoms. The number of carbonyl (C=O) groups excluding carboxylic acids is 2. The predicted octanol–water partition coefficient (Wildman–Crippen LogP) is 6.11. The van der Waals surface area contributed by atoms with Crippen molar-refractivity contribution in [3.05, 3.63) is 93.5 Å². The number of aliphatic hydroxyl groups excluding tert-OH is 1. The minimum Gasteiger partial charge on any atom is -0.507 e. The van der Waals surface area contributed by atoms with E-state index in [4.69, 9.17) is 27.9 Å². The summed E-state index contributed by atoms with van der Waals surface area (Å²) in [5.74, 6) is -1.65. The Labute approximate surface area is 206 Å². The molecule has 3 aromatic carbocycles. The number of rotatable bonds is 5. The highest BCUT2D eigenvalue weighted by atomic mass is 35.5. The number of Topliss-reactive ketones (excluding diaryl/α,β-unsaturated/α-hetero) is 1. The Bertz CT molecular complexity index is 1300. The Hall–Kier alpha value is -3.48. The van der Waals surface area contributed by atoms with Gasteiger partial charge in [0.2, 0.25) is 0 Å². The summed E-state index contributed by atoms with van der Waals surface area (Å²) >= 11 is 12.2. The van der Waals surface area contributed by atoms with Crippen LogP contribution in [0.3, 0.4) is 0 Å². The standard InChI is InChI=1S/C26H21Cl2NO5/c1-14(2)34-19-5-3-4-16(12-19)24(31)22-23(15-6-11-21(30)20(28)13-15)29(26(33)25(22)32)18-9-7-17(27)8-10-18/h3-14,23,30-31H,1-2H3/b24-22-. The molecule has 1 amide bonds. The van der Waals surface area contributed by atoms with Crippen LogP contribution in [0.25, 0.3) is 5.76 Å². The lowest BCUT2D eigenvalue weighted by Gasteiger charge is -2.25. The largest absolute Gasteiger partial charge is 0.507 e. The summed E-state index contributed by atoms with van der Waals surface area (Å²) in [7, 11) is 0. The zero-order valence-electron chi connectivity index (χ0n) is 18.3. The minimum atomic E-state index is -0.992. The van der Waals surface area contributed by atoms with E-state index in [1.54, 1.807) is 54.6 Å². The fourth-order valence-corrected chi connectivity index (χ4v) is 4.17. The molecule has 0 bridgehead atoms. The number of hydrogen-bond donors (Lipinski definition) is 2. The molecule has 1 aliphatic heterocycles. The van der Waals surface area contributed by atoms with E-state index in [0.29, 0.717) is 27.6 Å². The van der Waals surface area contributed by atoms with Crippen LogP contribution in [-0.4, -0.2) is 28.0 Å². The molecule has 4 rings (SSSR count). The molecule has 1 fully saturated rings. The Morgan fingerprint density at radius 1 is 1.00 bits per heavy atom. The zero-order valence-corrected chi connectivity index (χ0v) is 19.8. The van der Waals surface area contributed by atoms with Crippen LogP contribution >= 0.6 is 23.2 Å². The monoisotopic (exact) mass is 497 g/mol. The zero-order chi connectivity index (χ0) is 24.6. The number of phenols is 1. The number of aromatic hydroxyl groups is 1. The van der Waals surface area contributed by atoms with Gasteiger partial charge in [0.25, 0.3) is 11.7 Å². The number of anilines is 1. The minimum absolute atomic E-state index is 0.0477. The Morgan fingerprint density at radius 3 is 2.35 bits per heavy atom. The van der Waals surface area contributed by atoms with Crippen LogP contribution in [-0.2, 0) is 9.59 Å². The van der Waals surface area contributed by atoms with Crippen LogP contribution in [0.4, 0.5) is 5.69 Å². The van der Waals surface area contributed by atoms with Crippen molar-refractivity contribution in [1.82, 2.24) is 0 Å². The second-order valence-electron chi connectivity index (χ2n) is 8.05. The maximum absolute atomic E-state index is 13.2. The van der Waals surface area contributed by atoms with E-state index in [1.807, 2.05) is 13.8 Å². The maximum atomic E-state index is 13.2. The molecule has 8 heteroatoms. The lowest BCUT2D eigenvalue weighted by Crippen LogP contribution is -2.29. The number of benzene rings is 3. The second kappa shape index (κ2) is 9.41. The highest BCUT2D eigenvalue weighted by Crippen LogP contribution is 2.43. The molecule has 34 heavy (non-hydrogen) atoms. The molecule has 1 saturated heterocycles. The van der Waals surface area contributed by atoms with Crippen LogP contribution in [0, 0.1) is 0 Å². The molecule has 0 aliphatic carbocycles. The van der Waals surface area contributed by atoms with Crippen LogP contribution in [0.15, 0.2) is 72.3 Å². The van der Waals surface area contributed by atoms with Gasteiger partial charge < -0.3 is 14.9 Å². The van der Waals surface area contributed by atoms with Crippen molar-refractivity contribution in [3.8, 4) is 11.5 Å². The molecule has 2 N–H and O–H groups in total. The normalized spacial score (nSPS) is 17.4. The van der Waals surface area contributed by atoms with Crippen LogP contribution in [0.1, 0.15) is 31.0 Å². The molecule has 1 unspecified atom stereocenters. The van der Waals surface area contributed by atoms with Gasteiger partial charge in [-0.2, -0.15) is 0 Å². The number of ether oxygens (including phenoxy) is 1. The van der Waals surface area contributed by atoms with E-state index in [9.17, 15) is 19.8 Å². The quantitative estimate of drug-likeness (QED) is 0.252. The molecule has 1 atom stereocenters. The first kappa shape index (κ1) is 23.7. The number of hydrogen-bond acceptors (Lipinski definition) is 5. The summed E-state index contributed by atoms with van der Waals surface area (Å²) in [6, 6.07) is 16.5. The van der Waals surface area contributed by atoms with Gasteiger partial charge in [-0.3, -0.25) is 14.5 Å². The summed E-state index contributed by atoms with van der Waals surface area (Å²) in [6.07, 6.45) is -0.0907. The van der Waals surface area contributed by atoms with E-state index in [-0.39, 0.29) is 28.2 Å². The maximum Gasteiger partial charge on any atom is 0.300 e. The second-order valence-corrected chi connectivity index (χ2v) is 8.89. The van der Waals surface area contributed by atoms with Gasteiger partial charge in [0, 0.05) is 16.3 Å². The van der Waals surface area contributed by atoms with Crippen molar-refractivity contribution >= 4 is 46.3 Å². The first-order valence-corrected chi connectivity index (χ1v) is 11.2. The Balaban J connectivity index is 1.92. The van der Waals surface area contributed by atoms with Crippen molar-refractivity contribution < 1.29 is 24.5 Å². The number of carbonyl (C=O) groups is 2. The fraction of sp³-hybridized carbons (Fsp3) is 0.154. The average molecular weight is 498 g/mol. The van der Waals surface area contributed by atoms with Crippen molar-refractivity contribution in [2.24, 2.45) is 0 Å². The Kier molecular flexibility index (Phi) is 6.55. The third-order valence-corrected chi connectivity index (χ3v) is 5.87. The van der Waals surface area contributed by atoms with Crippen molar-refractivity contribution in [2.75, 3.05) is 4.90 Å². The number of ketones is 1. The molecule has 1 aliphatic rings. The molecule has 174 valence electrons. The predicted molar refractivity (Wildman–Crippen MR) is 132 cm³/mol. The Morgan fingerprint density at radius 2 is 1.71 bits per heavy atom. The van der Waals surface area contributed by atoms with Gasteiger partial charge in [0.1, 0.15) is 17.3 Å². The highest BCUT2D eigenvalue weighted by Gasteiger charge is 2.47. The number of phenolic OH excluding ortho intramolecular Hbond substituents is 1. The van der Waals surface area contributed by atoms with E-state index < -0.39 is 17.7 Å². The fourth-order valence-electron chi connectivity index (χ4n) is 3.85. The van der Waals surface area contributed by atoms with E-state index >= 15 is 0 Å². The number of amides is 1. The SMILES string of the molecule is CC(C)Oc1cccc(/C(O)=C2/C(=O)C(=O)N(c3ccc(Cl)cc3)C2c2ccc(O)c(Cl)c2)c1. The molecule has 0 saturated carbocycles. The van der Waals surface area contributed by atoms with Gasteiger partial charge in [-0.15, -0.1) is 0 Å². The molecular weight excluding hydrogens is 477 g/mol. The average Bonchev–Trinajstić information content (AvgIpc) is 3.06. The van der Waals surface area contributed by atoms with Gasteiger partial charge in [0.05, 0.1) is 22.7 Å². The van der Waals surface area contributed by atoms with E-state index in [2.05, 4.69) is 0 Å². The summed E-state index contributed by atoms with van der Waals surface area (Å²) < 4.78 is 5.70. The van der Waals surface area contributed by atoms with Crippen molar-refractivity contribution in [2.45, 2.75) is 26.0 Å². The number of aliphatic hydroxyl groups is 1. The van der Waals surface area contributed by atoms with Gasteiger partial charge in [-0.25, -0.2) is 0 Å². The van der Waals surface area contributed by atoms with Crippen molar-refractivity contribution in [3.63, 3.8) is 0 Å². The molecule has 1 heterocycles. The van der Waals surface area contributed by atoms with Gasteiger partial charge in [0.15, 0.2) is 0 Å². The van der Waals surface area contributed by atoms with Crippen LogP contribution in [0.2, 0.25) is 10.0 Å². The number of nitrogens with zero attached hydrogens (tertiary/aromatic N) is 1. The molecule has 6 nitrogen and oxygen atoms in total. The number of halogens is 2. The van der Waals surface area contributed by atoms with E-state index in [0.717, 1.165) is 0 Å². The van der Waals surface area contributed by atoms with E-state index in [1.165, 1.54) is 17.0 Å². The van der Waals surface area contributed by atoms with Crippen molar-refractivity contribution in [1.29, 1.82) is 0 Å². The van der Waals surface area contributed by atoms with Crippen LogP contribution in [0.5, 0.6) is 11.5 Å². The third-order valence-electron chi connectivity index (χ3n) is 5.32. The van der Waals surface area contributed by atoms with Gasteiger partial charge in [-0.05, 0) is 67.9 Å². The molecule has 3 aromatic rings. The van der Waals surface area contributed by atoms with Gasteiger partial charge in [-0.1, -0.05) is 41.4 Å². The smallest absolute Gasteiger partial charge is 0.300 e. The third kappa shape index (κ3) is 4.47. The summed E-state index contributed by atoms with van der Waals surface area (Å²) in [5.41, 5.74) is 1.07. The summed E-state index contributed by atoms with van der Waals surface area (Å²) in [4.78, 5) is 27.7. The molecule has 0 radical (unpaired) electrons. The lowest BCUT2D eigenvalue weighted by atomic mass is 9.95. The lowest BCUT2D eigenvalue weighted by molar-refractivity contribution is -0.132. The summed E-state index contributed by atoms with van der Waals surface area (Å²) in [5, 5.41) is 21.7. The van der Waals surface area contributed by atoms with Crippen LogP contribution < -0.4 is 9.64 Å². The first-order valence-electron chi connectivity index (χ1n) is 10.5. The van der Waals surface area contributed by atoms with Gasteiger partial charge >= 0.3 is 0 Å². The topological polar surface area (TPSA) is 87.1 Å². The molecular formula is C26H21Cl2NO5. The first-order chi connectivity index (χ1) is 16.2. The highest BCUT2D eigenvalue weighted by molar-refractivity contribution is 6.51.